The van der Waals surface area contributed by atoms with Gasteiger partial charge in [-0.25, -0.2) is 4.99 Å². The standard InChI is InChI=1S/C23H27N3O.C5H13N.C2H6/c1-16(2)27-23-14-19(12-11-18-9-5-6-10-20(18)24-4)26-22(23)15-21-17(3)8-7-13-25-21;1-4-5-6(2)3;1-2/h5-7,9-16,24-25H,8H2,1-4H3;4-5H2,1-3H3;1-2H3/b12-11+,22-15-;;. The van der Waals surface area contributed by atoms with Crippen LogP contribution >= 0.6 is 0 Å². The summed E-state index contributed by atoms with van der Waals surface area (Å²) in [5.74, 6) is 0.809. The van der Waals surface area contributed by atoms with Crippen LogP contribution in [0, 0.1) is 0 Å². The summed E-state index contributed by atoms with van der Waals surface area (Å²) < 4.78 is 5.99. The molecule has 2 N–H and O–H groups in total. The van der Waals surface area contributed by atoms with Crippen LogP contribution in [-0.2, 0) is 4.74 Å². The summed E-state index contributed by atoms with van der Waals surface area (Å²) in [6, 6.07) is 8.19. The molecule has 2 aliphatic rings. The first-order chi connectivity index (χ1) is 16.8. The summed E-state index contributed by atoms with van der Waals surface area (Å²) in [6.07, 6.45) is 14.6. The molecule has 1 aromatic carbocycles. The van der Waals surface area contributed by atoms with Gasteiger partial charge in [-0.2, -0.15) is 0 Å². The third-order valence-corrected chi connectivity index (χ3v) is 5.00. The van der Waals surface area contributed by atoms with Crippen LogP contribution in [0.3, 0.4) is 0 Å². The van der Waals surface area contributed by atoms with Gasteiger partial charge in [0.2, 0.25) is 0 Å². The highest BCUT2D eigenvalue weighted by atomic mass is 16.5. The van der Waals surface area contributed by atoms with E-state index in [0.29, 0.717) is 0 Å². The Kier molecular flexibility index (Phi) is 14.2. The van der Waals surface area contributed by atoms with E-state index in [4.69, 9.17) is 9.73 Å². The Balaban J connectivity index is 0.000000670. The molecule has 5 heteroatoms. The van der Waals surface area contributed by atoms with E-state index in [-0.39, 0.29) is 6.10 Å². The lowest BCUT2D eigenvalue weighted by Gasteiger charge is -2.14. The van der Waals surface area contributed by atoms with E-state index in [9.17, 15) is 0 Å². The molecule has 0 radical (unpaired) electrons. The first-order valence-electron chi connectivity index (χ1n) is 12.7. The van der Waals surface area contributed by atoms with E-state index >= 15 is 0 Å². The van der Waals surface area contributed by atoms with Gasteiger partial charge in [0.25, 0.3) is 0 Å². The predicted octanol–water partition coefficient (Wildman–Crippen LogP) is 7.15. The molecule has 35 heavy (non-hydrogen) atoms. The SMILES string of the molecule is CC.CCCN(C)C.CNc1ccccc1/C=C/C1=NC(=C\C2=C(C)CC=CN2)/C(OC(C)C)=C1. The Morgan fingerprint density at radius 3 is 2.46 bits per heavy atom. The molecule has 0 unspecified atom stereocenters. The van der Waals surface area contributed by atoms with Gasteiger partial charge in [-0.1, -0.05) is 51.1 Å². The maximum Gasteiger partial charge on any atom is 0.147 e. The minimum Gasteiger partial charge on any atom is -0.489 e. The normalized spacial score (nSPS) is 15.9. The van der Waals surface area contributed by atoms with Gasteiger partial charge in [-0.3, -0.25) is 0 Å². The first-order valence-corrected chi connectivity index (χ1v) is 12.7. The summed E-state index contributed by atoms with van der Waals surface area (Å²) in [5.41, 5.74) is 6.31. The first kappa shape index (κ1) is 30.0. The third-order valence-electron chi connectivity index (χ3n) is 5.00. The maximum absolute atomic E-state index is 5.99. The van der Waals surface area contributed by atoms with Crippen molar-refractivity contribution >= 4 is 17.5 Å². The molecule has 0 saturated heterocycles. The summed E-state index contributed by atoms with van der Waals surface area (Å²) >= 11 is 0. The molecule has 0 bridgehead atoms. The lowest BCUT2D eigenvalue weighted by atomic mass is 10.1. The average Bonchev–Trinajstić information content (AvgIpc) is 3.21. The number of anilines is 1. The maximum atomic E-state index is 5.99. The van der Waals surface area contributed by atoms with Gasteiger partial charge in [0.1, 0.15) is 11.5 Å². The fourth-order valence-electron chi connectivity index (χ4n) is 3.38. The average molecular weight is 479 g/mol. The number of rotatable bonds is 8. The van der Waals surface area contributed by atoms with Crippen LogP contribution in [0.4, 0.5) is 5.69 Å². The molecule has 192 valence electrons. The number of dihydropyridines is 1. The summed E-state index contributed by atoms with van der Waals surface area (Å²) in [6.45, 7) is 13.6. The van der Waals surface area contributed by atoms with Crippen LogP contribution < -0.4 is 10.6 Å². The van der Waals surface area contributed by atoms with E-state index in [2.05, 4.69) is 73.8 Å². The number of ether oxygens (including phenoxy) is 1. The second-order valence-electron chi connectivity index (χ2n) is 8.66. The number of para-hydroxylation sites is 1. The molecule has 1 aromatic rings. The van der Waals surface area contributed by atoms with Crippen LogP contribution in [0.25, 0.3) is 6.08 Å². The number of hydrogen-bond acceptors (Lipinski definition) is 5. The van der Waals surface area contributed by atoms with Crippen LogP contribution in [0.5, 0.6) is 0 Å². The lowest BCUT2D eigenvalue weighted by molar-refractivity contribution is 0.155. The van der Waals surface area contributed by atoms with Gasteiger partial charge in [0.15, 0.2) is 0 Å². The van der Waals surface area contributed by atoms with Crippen LogP contribution in [-0.4, -0.2) is 44.4 Å². The summed E-state index contributed by atoms with van der Waals surface area (Å²) in [5, 5.41) is 6.51. The van der Waals surface area contributed by atoms with Crippen molar-refractivity contribution in [1.29, 1.82) is 0 Å². The van der Waals surface area contributed by atoms with Crippen molar-refractivity contribution in [1.82, 2.24) is 10.2 Å². The number of hydrogen-bond donors (Lipinski definition) is 2. The Morgan fingerprint density at radius 1 is 1.17 bits per heavy atom. The minimum atomic E-state index is 0.0949. The Bertz CT molecular complexity index is 962. The number of nitrogens with one attached hydrogen (secondary N) is 2. The largest absolute Gasteiger partial charge is 0.489 e. The van der Waals surface area contributed by atoms with Gasteiger partial charge >= 0.3 is 0 Å². The minimum absolute atomic E-state index is 0.0949. The second kappa shape index (κ2) is 16.6. The fraction of sp³-hybridized carbons (Fsp3) is 0.433. The molecule has 0 fully saturated rings. The van der Waals surface area contributed by atoms with E-state index in [1.807, 2.05) is 65.2 Å². The Hall–Kier alpha value is -3.05. The van der Waals surface area contributed by atoms with E-state index in [0.717, 1.165) is 40.5 Å². The number of aliphatic imine (C=N–C) groups is 1. The van der Waals surface area contributed by atoms with Crippen molar-refractivity contribution in [3.8, 4) is 0 Å². The molecule has 0 amide bonds. The lowest BCUT2D eigenvalue weighted by Crippen LogP contribution is -2.11. The van der Waals surface area contributed by atoms with Crippen molar-refractivity contribution < 1.29 is 4.74 Å². The van der Waals surface area contributed by atoms with E-state index in [1.54, 1.807) is 0 Å². The van der Waals surface area contributed by atoms with Gasteiger partial charge in [-0.05, 0) is 89.8 Å². The molecule has 0 atom stereocenters. The zero-order valence-electron chi connectivity index (χ0n) is 23.3. The number of allylic oxidation sites excluding steroid dienone is 5. The van der Waals surface area contributed by atoms with Crippen molar-refractivity contribution in [3.05, 3.63) is 83.1 Å². The van der Waals surface area contributed by atoms with Gasteiger partial charge < -0.3 is 20.3 Å². The van der Waals surface area contributed by atoms with Gasteiger partial charge in [0, 0.05) is 24.5 Å². The molecule has 2 aliphatic heterocycles. The quantitative estimate of drug-likeness (QED) is 0.416. The highest BCUT2D eigenvalue weighted by Gasteiger charge is 2.17. The second-order valence-corrected chi connectivity index (χ2v) is 8.66. The molecule has 5 nitrogen and oxygen atoms in total. The fourth-order valence-corrected chi connectivity index (χ4v) is 3.38. The van der Waals surface area contributed by atoms with Crippen LogP contribution in [0.2, 0.25) is 0 Å². The Morgan fingerprint density at radius 2 is 1.89 bits per heavy atom. The van der Waals surface area contributed by atoms with Crippen LogP contribution in [0.1, 0.15) is 59.9 Å². The molecule has 0 spiro atoms. The molecule has 0 saturated carbocycles. The topological polar surface area (TPSA) is 48.9 Å². The molecule has 3 rings (SSSR count). The number of nitrogens with zero attached hydrogens (tertiary/aromatic N) is 2. The zero-order valence-corrected chi connectivity index (χ0v) is 23.3. The van der Waals surface area contributed by atoms with Gasteiger partial charge in [-0.15, -0.1) is 0 Å². The van der Waals surface area contributed by atoms with Crippen molar-refractivity contribution in [3.63, 3.8) is 0 Å². The van der Waals surface area contributed by atoms with Gasteiger partial charge in [0.05, 0.1) is 11.8 Å². The smallest absolute Gasteiger partial charge is 0.147 e. The zero-order chi connectivity index (χ0) is 26.2. The molecular weight excluding hydrogens is 432 g/mol. The Labute approximate surface area is 214 Å². The molecule has 0 aliphatic carbocycles. The van der Waals surface area contributed by atoms with E-state index < -0.39 is 0 Å². The predicted molar refractivity (Wildman–Crippen MR) is 155 cm³/mol. The van der Waals surface area contributed by atoms with Crippen molar-refractivity contribution in [2.75, 3.05) is 33.0 Å². The summed E-state index contributed by atoms with van der Waals surface area (Å²) in [7, 11) is 6.10. The third kappa shape index (κ3) is 10.8. The van der Waals surface area contributed by atoms with Crippen molar-refractivity contribution in [2.45, 2.75) is 60.5 Å². The van der Waals surface area contributed by atoms with Crippen LogP contribution in [0.15, 0.2) is 82.5 Å². The molecular formula is C30H46N4O. The number of benzene rings is 1. The van der Waals surface area contributed by atoms with E-state index in [1.165, 1.54) is 18.5 Å². The monoisotopic (exact) mass is 478 g/mol. The van der Waals surface area contributed by atoms with Crippen molar-refractivity contribution in [2.24, 2.45) is 4.99 Å². The molecule has 2 heterocycles. The highest BCUT2D eigenvalue weighted by molar-refractivity contribution is 6.09. The summed E-state index contributed by atoms with van der Waals surface area (Å²) in [4.78, 5) is 6.96. The highest BCUT2D eigenvalue weighted by Crippen LogP contribution is 2.26. The molecule has 0 aromatic heterocycles.